The van der Waals surface area contributed by atoms with Crippen molar-refractivity contribution in [3.63, 3.8) is 0 Å². The second-order valence-electron chi connectivity index (χ2n) is 7.35. The van der Waals surface area contributed by atoms with Gasteiger partial charge in [0, 0.05) is 23.7 Å². The molecule has 0 spiro atoms. The molecule has 0 saturated carbocycles. The lowest BCUT2D eigenvalue weighted by molar-refractivity contribution is -0.117. The predicted molar refractivity (Wildman–Crippen MR) is 85.5 cm³/mol. The van der Waals surface area contributed by atoms with Crippen LogP contribution in [0.15, 0.2) is 47.6 Å². The summed E-state index contributed by atoms with van der Waals surface area (Å²) in [5, 5.41) is 0. The number of hydrogen-bond acceptors (Lipinski definition) is 1. The van der Waals surface area contributed by atoms with Gasteiger partial charge in [-0.1, -0.05) is 75.3 Å². The lowest BCUT2D eigenvalue weighted by Crippen LogP contribution is -2.12. The van der Waals surface area contributed by atoms with Crippen LogP contribution in [-0.4, -0.2) is 5.78 Å². The maximum absolute atomic E-state index is 12.3. The second-order valence-corrected chi connectivity index (χ2v) is 7.35. The van der Waals surface area contributed by atoms with Crippen molar-refractivity contribution in [1.82, 2.24) is 0 Å². The first kappa shape index (κ1) is 15.0. The standard InChI is InChI=1S/C19H26O/c1-18(2)9-5-7-15(13-18)11-17(20)12-16-8-6-10-19(3,4)14-16/h5-6,9-10,13-14H,7-8,11-12H2,1-4H3. The molecule has 0 radical (unpaired) electrons. The number of carbonyl (C=O) groups excluding carboxylic acids is 1. The highest BCUT2D eigenvalue weighted by molar-refractivity contribution is 5.83. The zero-order chi connectivity index (χ0) is 14.8. The molecule has 0 aliphatic heterocycles. The number of hydrogen-bond donors (Lipinski definition) is 0. The van der Waals surface area contributed by atoms with E-state index in [0.717, 1.165) is 12.8 Å². The lowest BCUT2D eigenvalue weighted by Gasteiger charge is -2.23. The Morgan fingerprint density at radius 1 is 0.900 bits per heavy atom. The van der Waals surface area contributed by atoms with Crippen molar-refractivity contribution in [2.45, 2.75) is 53.4 Å². The van der Waals surface area contributed by atoms with Gasteiger partial charge in [-0.05, 0) is 12.8 Å². The molecule has 0 aromatic heterocycles. The summed E-state index contributed by atoms with van der Waals surface area (Å²) in [6.45, 7) is 8.74. The van der Waals surface area contributed by atoms with Gasteiger partial charge in [0.05, 0.1) is 0 Å². The maximum Gasteiger partial charge on any atom is 0.140 e. The number of ketones is 1. The highest BCUT2D eigenvalue weighted by atomic mass is 16.1. The summed E-state index contributed by atoms with van der Waals surface area (Å²) in [4.78, 5) is 12.3. The van der Waals surface area contributed by atoms with Gasteiger partial charge in [-0.25, -0.2) is 0 Å². The first-order valence-electron chi connectivity index (χ1n) is 7.54. The van der Waals surface area contributed by atoms with Crippen molar-refractivity contribution in [3.05, 3.63) is 47.6 Å². The van der Waals surface area contributed by atoms with Gasteiger partial charge in [-0.2, -0.15) is 0 Å². The molecule has 0 bridgehead atoms. The highest BCUT2D eigenvalue weighted by Crippen LogP contribution is 2.31. The molecule has 1 heteroatoms. The molecule has 0 saturated heterocycles. The van der Waals surface area contributed by atoms with E-state index in [1.54, 1.807) is 0 Å². The van der Waals surface area contributed by atoms with Crippen LogP contribution in [0, 0.1) is 10.8 Å². The largest absolute Gasteiger partial charge is 0.299 e. The van der Waals surface area contributed by atoms with Crippen molar-refractivity contribution in [3.8, 4) is 0 Å². The Morgan fingerprint density at radius 3 is 1.65 bits per heavy atom. The van der Waals surface area contributed by atoms with Gasteiger partial charge in [0.1, 0.15) is 5.78 Å². The van der Waals surface area contributed by atoms with E-state index in [9.17, 15) is 4.79 Å². The minimum atomic E-state index is 0.0999. The second kappa shape index (κ2) is 5.55. The Bertz CT molecular complexity index is 464. The third kappa shape index (κ3) is 4.33. The molecular formula is C19H26O. The first-order chi connectivity index (χ1) is 9.26. The third-order valence-electron chi connectivity index (χ3n) is 3.86. The van der Waals surface area contributed by atoms with Crippen LogP contribution in [0.2, 0.25) is 0 Å². The Balaban J connectivity index is 1.94. The third-order valence-corrected chi connectivity index (χ3v) is 3.86. The molecule has 108 valence electrons. The average Bonchev–Trinajstić information content (AvgIpc) is 2.25. The van der Waals surface area contributed by atoms with Gasteiger partial charge < -0.3 is 0 Å². The predicted octanol–water partition coefficient (Wildman–Crippen LogP) is 5.16. The molecule has 0 amide bonds. The van der Waals surface area contributed by atoms with Crippen LogP contribution in [0.5, 0.6) is 0 Å². The topological polar surface area (TPSA) is 17.1 Å². The Hall–Kier alpha value is -1.37. The van der Waals surface area contributed by atoms with Crippen LogP contribution >= 0.6 is 0 Å². The van der Waals surface area contributed by atoms with E-state index < -0.39 is 0 Å². The smallest absolute Gasteiger partial charge is 0.140 e. The number of Topliss-reactive ketones (excluding diaryl/α,β-unsaturated/α-hetero) is 1. The molecule has 0 N–H and O–H groups in total. The summed E-state index contributed by atoms with van der Waals surface area (Å²) in [6.07, 6.45) is 16.4. The molecule has 2 rings (SSSR count). The van der Waals surface area contributed by atoms with E-state index >= 15 is 0 Å². The Morgan fingerprint density at radius 2 is 1.30 bits per heavy atom. The lowest BCUT2D eigenvalue weighted by atomic mass is 9.82. The van der Waals surface area contributed by atoms with Crippen LogP contribution < -0.4 is 0 Å². The molecule has 2 aliphatic carbocycles. The monoisotopic (exact) mass is 270 g/mol. The average molecular weight is 270 g/mol. The van der Waals surface area contributed by atoms with Gasteiger partial charge in [-0.3, -0.25) is 4.79 Å². The molecular weight excluding hydrogens is 244 g/mol. The van der Waals surface area contributed by atoms with Gasteiger partial charge in [0.15, 0.2) is 0 Å². The van der Waals surface area contributed by atoms with E-state index in [2.05, 4.69) is 64.2 Å². The zero-order valence-corrected chi connectivity index (χ0v) is 13.2. The minimum absolute atomic E-state index is 0.0999. The van der Waals surface area contributed by atoms with Crippen molar-refractivity contribution < 1.29 is 4.79 Å². The molecule has 1 nitrogen and oxygen atoms in total. The number of allylic oxidation sites excluding steroid dienone is 8. The summed E-state index contributed by atoms with van der Waals surface area (Å²) in [5.74, 6) is 0.347. The Kier molecular flexibility index (Phi) is 4.17. The molecule has 0 fully saturated rings. The summed E-state index contributed by atoms with van der Waals surface area (Å²) in [5.41, 5.74) is 2.74. The number of rotatable bonds is 4. The van der Waals surface area contributed by atoms with E-state index in [0.29, 0.717) is 18.6 Å². The molecule has 0 aromatic rings. The fraction of sp³-hybridized carbons (Fsp3) is 0.526. The molecule has 0 aromatic carbocycles. The molecule has 0 heterocycles. The van der Waals surface area contributed by atoms with Crippen molar-refractivity contribution in [1.29, 1.82) is 0 Å². The fourth-order valence-corrected chi connectivity index (χ4v) is 3.11. The quantitative estimate of drug-likeness (QED) is 0.645. The van der Waals surface area contributed by atoms with Gasteiger partial charge in [0.2, 0.25) is 0 Å². The summed E-state index contributed by atoms with van der Waals surface area (Å²) in [6, 6.07) is 0. The summed E-state index contributed by atoms with van der Waals surface area (Å²) in [7, 11) is 0. The first-order valence-corrected chi connectivity index (χ1v) is 7.54. The van der Waals surface area contributed by atoms with E-state index in [4.69, 9.17) is 0 Å². The normalized spacial score (nSPS) is 23.2. The maximum atomic E-state index is 12.3. The zero-order valence-electron chi connectivity index (χ0n) is 13.2. The van der Waals surface area contributed by atoms with E-state index in [1.807, 2.05) is 0 Å². The van der Waals surface area contributed by atoms with Crippen LogP contribution in [0.3, 0.4) is 0 Å². The molecule has 2 aliphatic rings. The van der Waals surface area contributed by atoms with Crippen LogP contribution in [0.1, 0.15) is 53.4 Å². The van der Waals surface area contributed by atoms with Crippen LogP contribution in [-0.2, 0) is 4.79 Å². The van der Waals surface area contributed by atoms with Gasteiger partial charge in [0.25, 0.3) is 0 Å². The molecule has 0 unspecified atom stereocenters. The van der Waals surface area contributed by atoms with Crippen molar-refractivity contribution in [2.75, 3.05) is 0 Å². The minimum Gasteiger partial charge on any atom is -0.299 e. The van der Waals surface area contributed by atoms with Crippen molar-refractivity contribution in [2.24, 2.45) is 10.8 Å². The van der Waals surface area contributed by atoms with E-state index in [1.165, 1.54) is 11.1 Å². The Labute approximate surface area is 123 Å². The van der Waals surface area contributed by atoms with Gasteiger partial charge >= 0.3 is 0 Å². The van der Waals surface area contributed by atoms with E-state index in [-0.39, 0.29) is 10.8 Å². The SMILES string of the molecule is CC1(C)C=CCC(CC(=O)CC2=CC(C)(C)C=CC2)=C1. The van der Waals surface area contributed by atoms with Gasteiger partial charge in [-0.15, -0.1) is 0 Å². The summed E-state index contributed by atoms with van der Waals surface area (Å²) >= 11 is 0. The highest BCUT2D eigenvalue weighted by Gasteiger charge is 2.19. The number of carbonyl (C=O) groups is 1. The van der Waals surface area contributed by atoms with Crippen LogP contribution in [0.25, 0.3) is 0 Å². The summed E-state index contributed by atoms with van der Waals surface area (Å²) < 4.78 is 0. The molecule has 0 atom stereocenters. The molecule has 20 heavy (non-hydrogen) atoms. The van der Waals surface area contributed by atoms with Crippen molar-refractivity contribution >= 4 is 5.78 Å². The fourth-order valence-electron chi connectivity index (χ4n) is 3.11. The van der Waals surface area contributed by atoms with Crippen LogP contribution in [0.4, 0.5) is 0 Å².